The Morgan fingerprint density at radius 1 is 1.14 bits per heavy atom. The maximum absolute atomic E-state index is 12.9. The number of amides is 1. The van der Waals surface area contributed by atoms with Crippen LogP contribution in [0, 0.1) is 6.92 Å². The fraction of sp³-hybridized carbons (Fsp3) is 0.190. The number of carbonyl (C=O) groups excluding carboxylic acids is 1. The number of aromatic nitrogens is 3. The van der Waals surface area contributed by atoms with E-state index in [1.807, 2.05) is 54.6 Å². The molecule has 0 spiro atoms. The van der Waals surface area contributed by atoms with Gasteiger partial charge in [0, 0.05) is 7.05 Å². The summed E-state index contributed by atoms with van der Waals surface area (Å²) in [6.07, 6.45) is 0. The molecule has 8 heteroatoms. The van der Waals surface area contributed by atoms with Crippen LogP contribution in [-0.4, -0.2) is 25.5 Å². The van der Waals surface area contributed by atoms with Gasteiger partial charge in [0.2, 0.25) is 5.91 Å². The van der Waals surface area contributed by atoms with Gasteiger partial charge in [-0.1, -0.05) is 42.1 Å². The Labute approximate surface area is 171 Å². The Kier molecular flexibility index (Phi) is 5.02. The number of hydrogen-bond acceptors (Lipinski definition) is 5. The number of nitrogens with zero attached hydrogens (tertiary/aromatic N) is 3. The Hall–Kier alpha value is -3.26. The zero-order valence-electron chi connectivity index (χ0n) is 16.2. The van der Waals surface area contributed by atoms with E-state index in [0.29, 0.717) is 16.5 Å². The molecule has 1 atom stereocenters. The zero-order chi connectivity index (χ0) is 20.5. The van der Waals surface area contributed by atoms with Crippen LogP contribution in [0.15, 0.2) is 69.0 Å². The number of nitrogens with one attached hydrogen (secondary N) is 1. The molecule has 0 aliphatic heterocycles. The molecule has 2 aromatic heterocycles. The molecule has 0 aliphatic rings. The standard InChI is InChI=1S/C21H20N4O3S/c1-13-18(20(27)25(24(13)3)15-9-5-4-6-10-15)23-19(26)14(2)29-21-22-16-11-7-8-12-17(16)28-21/h4-12,14H,1-3H3,(H,23,26)/t14-/m0/s1. The SMILES string of the molecule is Cc1c(NC(=O)[C@H](C)Sc2nc3ccccc3o2)c(=O)n(-c2ccccc2)n1C. The Bertz CT molecular complexity index is 1210. The lowest BCUT2D eigenvalue weighted by Gasteiger charge is -2.09. The molecule has 2 heterocycles. The van der Waals surface area contributed by atoms with Crippen molar-refractivity contribution in [3.05, 3.63) is 70.6 Å². The lowest BCUT2D eigenvalue weighted by atomic mass is 10.3. The lowest BCUT2D eigenvalue weighted by molar-refractivity contribution is -0.115. The highest BCUT2D eigenvalue weighted by Crippen LogP contribution is 2.27. The van der Waals surface area contributed by atoms with Gasteiger partial charge in [-0.05, 0) is 38.1 Å². The van der Waals surface area contributed by atoms with E-state index in [-0.39, 0.29) is 17.2 Å². The number of thioether (sulfide) groups is 1. The highest BCUT2D eigenvalue weighted by atomic mass is 32.2. The molecule has 1 N–H and O–H groups in total. The van der Waals surface area contributed by atoms with Gasteiger partial charge in [-0.25, -0.2) is 9.67 Å². The molecule has 29 heavy (non-hydrogen) atoms. The summed E-state index contributed by atoms with van der Waals surface area (Å²) < 4.78 is 8.93. The van der Waals surface area contributed by atoms with Gasteiger partial charge in [0.1, 0.15) is 11.2 Å². The minimum Gasteiger partial charge on any atom is -0.431 e. The Morgan fingerprint density at radius 3 is 2.55 bits per heavy atom. The van der Waals surface area contributed by atoms with Gasteiger partial charge in [-0.3, -0.25) is 14.3 Å². The van der Waals surface area contributed by atoms with Crippen LogP contribution in [0.2, 0.25) is 0 Å². The molecule has 0 aliphatic carbocycles. The zero-order valence-corrected chi connectivity index (χ0v) is 17.1. The van der Waals surface area contributed by atoms with E-state index in [9.17, 15) is 9.59 Å². The molecule has 0 fully saturated rings. The highest BCUT2D eigenvalue weighted by molar-refractivity contribution is 8.00. The topological polar surface area (TPSA) is 82.1 Å². The van der Waals surface area contributed by atoms with Crippen LogP contribution in [0.25, 0.3) is 16.8 Å². The minimum absolute atomic E-state index is 0.270. The predicted octanol–water partition coefficient (Wildman–Crippen LogP) is 3.74. The molecule has 2 aromatic carbocycles. The van der Waals surface area contributed by atoms with Crippen LogP contribution in [0.3, 0.4) is 0 Å². The second-order valence-corrected chi connectivity index (χ2v) is 7.93. The molecule has 0 saturated heterocycles. The summed E-state index contributed by atoms with van der Waals surface area (Å²) in [5, 5.41) is 2.70. The molecule has 0 bridgehead atoms. The van der Waals surface area contributed by atoms with Crippen molar-refractivity contribution in [2.75, 3.05) is 5.32 Å². The third-order valence-electron chi connectivity index (χ3n) is 4.72. The third kappa shape index (κ3) is 3.58. The molecule has 148 valence electrons. The number of anilines is 1. The number of hydrogen-bond donors (Lipinski definition) is 1. The van der Waals surface area contributed by atoms with Crippen molar-refractivity contribution in [2.45, 2.75) is 24.3 Å². The van der Waals surface area contributed by atoms with Crippen LogP contribution < -0.4 is 10.9 Å². The van der Waals surface area contributed by atoms with Gasteiger partial charge in [-0.2, -0.15) is 0 Å². The van der Waals surface area contributed by atoms with E-state index < -0.39 is 5.25 Å². The molecule has 7 nitrogen and oxygen atoms in total. The fourth-order valence-corrected chi connectivity index (χ4v) is 3.80. The van der Waals surface area contributed by atoms with Gasteiger partial charge >= 0.3 is 0 Å². The summed E-state index contributed by atoms with van der Waals surface area (Å²) in [5.74, 6) is -0.289. The van der Waals surface area contributed by atoms with Crippen LogP contribution in [0.5, 0.6) is 0 Å². The van der Waals surface area contributed by atoms with Crippen molar-refractivity contribution in [1.29, 1.82) is 0 Å². The monoisotopic (exact) mass is 408 g/mol. The lowest BCUT2D eigenvalue weighted by Crippen LogP contribution is -2.27. The van der Waals surface area contributed by atoms with Crippen LogP contribution in [-0.2, 0) is 11.8 Å². The predicted molar refractivity (Wildman–Crippen MR) is 114 cm³/mol. The van der Waals surface area contributed by atoms with E-state index in [2.05, 4.69) is 10.3 Å². The van der Waals surface area contributed by atoms with Gasteiger partial charge in [0.15, 0.2) is 5.58 Å². The first kappa shape index (κ1) is 19.1. The van der Waals surface area contributed by atoms with Crippen LogP contribution in [0.4, 0.5) is 5.69 Å². The molecule has 4 aromatic rings. The molecule has 0 radical (unpaired) electrons. The Morgan fingerprint density at radius 2 is 1.83 bits per heavy atom. The maximum Gasteiger partial charge on any atom is 0.295 e. The quantitative estimate of drug-likeness (QED) is 0.509. The molecular formula is C21H20N4O3S. The number of para-hydroxylation sites is 3. The number of benzene rings is 2. The van der Waals surface area contributed by atoms with E-state index in [4.69, 9.17) is 4.42 Å². The molecular weight excluding hydrogens is 388 g/mol. The van der Waals surface area contributed by atoms with Crippen molar-refractivity contribution in [1.82, 2.24) is 14.3 Å². The van der Waals surface area contributed by atoms with Crippen LogP contribution >= 0.6 is 11.8 Å². The fourth-order valence-electron chi connectivity index (χ4n) is 3.04. The van der Waals surface area contributed by atoms with Crippen molar-refractivity contribution < 1.29 is 9.21 Å². The van der Waals surface area contributed by atoms with Gasteiger partial charge in [-0.15, -0.1) is 0 Å². The summed E-state index contributed by atoms with van der Waals surface area (Å²) in [7, 11) is 1.79. The smallest absolute Gasteiger partial charge is 0.295 e. The first-order chi connectivity index (χ1) is 14.0. The van der Waals surface area contributed by atoms with Crippen molar-refractivity contribution in [3.8, 4) is 5.69 Å². The van der Waals surface area contributed by atoms with Crippen molar-refractivity contribution in [2.24, 2.45) is 7.05 Å². The number of carbonyl (C=O) groups is 1. The molecule has 0 saturated carbocycles. The van der Waals surface area contributed by atoms with Crippen LogP contribution in [0.1, 0.15) is 12.6 Å². The van der Waals surface area contributed by atoms with Gasteiger partial charge in [0.25, 0.3) is 10.8 Å². The number of rotatable bonds is 5. The average Bonchev–Trinajstić information content (AvgIpc) is 3.22. The third-order valence-corrected chi connectivity index (χ3v) is 5.67. The van der Waals surface area contributed by atoms with Crippen molar-refractivity contribution >= 4 is 34.5 Å². The largest absolute Gasteiger partial charge is 0.431 e. The normalized spacial score (nSPS) is 12.2. The maximum atomic E-state index is 12.9. The van der Waals surface area contributed by atoms with E-state index in [0.717, 1.165) is 11.2 Å². The highest BCUT2D eigenvalue weighted by Gasteiger charge is 2.23. The number of fused-ring (bicyclic) bond motifs is 1. The van der Waals surface area contributed by atoms with E-state index in [1.165, 1.54) is 16.4 Å². The van der Waals surface area contributed by atoms with Crippen molar-refractivity contribution in [3.63, 3.8) is 0 Å². The average molecular weight is 408 g/mol. The summed E-state index contributed by atoms with van der Waals surface area (Å²) in [4.78, 5) is 30.1. The molecule has 4 rings (SSSR count). The molecule has 1 amide bonds. The van der Waals surface area contributed by atoms with Gasteiger partial charge in [0.05, 0.1) is 16.6 Å². The Balaban J connectivity index is 1.55. The summed E-state index contributed by atoms with van der Waals surface area (Å²) >= 11 is 1.21. The van der Waals surface area contributed by atoms with Gasteiger partial charge < -0.3 is 9.73 Å². The second kappa shape index (κ2) is 7.63. The second-order valence-electron chi connectivity index (χ2n) is 6.63. The number of oxazole rings is 1. The molecule has 0 unspecified atom stereocenters. The first-order valence-electron chi connectivity index (χ1n) is 9.13. The van der Waals surface area contributed by atoms with E-state index in [1.54, 1.807) is 25.6 Å². The minimum atomic E-state index is -0.493. The first-order valence-corrected chi connectivity index (χ1v) is 10.0. The summed E-state index contributed by atoms with van der Waals surface area (Å²) in [5.41, 5.74) is 2.82. The summed E-state index contributed by atoms with van der Waals surface area (Å²) in [6, 6.07) is 16.7. The summed E-state index contributed by atoms with van der Waals surface area (Å²) in [6.45, 7) is 3.55. The van der Waals surface area contributed by atoms with E-state index >= 15 is 0 Å².